The molecule has 0 aliphatic carbocycles. The van der Waals surface area contributed by atoms with Gasteiger partial charge in [0.25, 0.3) is 11.8 Å². The van der Waals surface area contributed by atoms with Crippen molar-refractivity contribution in [1.29, 1.82) is 0 Å². The molecule has 0 radical (unpaired) electrons. The second kappa shape index (κ2) is 8.20. The van der Waals surface area contributed by atoms with Gasteiger partial charge in [0.05, 0.1) is 5.56 Å². The number of hydrogen-bond acceptors (Lipinski definition) is 3. The minimum Gasteiger partial charge on any atom is -0.483 e. The Morgan fingerprint density at radius 2 is 1.63 bits per heavy atom. The first kappa shape index (κ1) is 18.9. The van der Waals surface area contributed by atoms with Gasteiger partial charge in [-0.3, -0.25) is 9.59 Å². The first-order valence-electron chi connectivity index (χ1n) is 8.98. The van der Waals surface area contributed by atoms with Crippen molar-refractivity contribution in [3.05, 3.63) is 65.0 Å². The summed E-state index contributed by atoms with van der Waals surface area (Å²) in [6.45, 7) is 5.50. The van der Waals surface area contributed by atoms with E-state index in [2.05, 4.69) is 0 Å². The van der Waals surface area contributed by atoms with Crippen molar-refractivity contribution in [3.8, 4) is 5.75 Å². The summed E-state index contributed by atoms with van der Waals surface area (Å²) >= 11 is 0. The lowest BCUT2D eigenvalue weighted by molar-refractivity contribution is -0.134. The van der Waals surface area contributed by atoms with Gasteiger partial charge in [0.1, 0.15) is 11.6 Å². The third-order valence-corrected chi connectivity index (χ3v) is 4.93. The summed E-state index contributed by atoms with van der Waals surface area (Å²) < 4.78 is 19.5. The van der Waals surface area contributed by atoms with E-state index in [-0.39, 0.29) is 24.0 Å². The predicted octanol–water partition coefficient (Wildman–Crippen LogP) is 2.81. The highest BCUT2D eigenvalue weighted by Crippen LogP contribution is 2.20. The maximum Gasteiger partial charge on any atom is 0.260 e. The fourth-order valence-electron chi connectivity index (χ4n) is 3.08. The van der Waals surface area contributed by atoms with Crippen LogP contribution in [-0.4, -0.2) is 54.4 Å². The fourth-order valence-corrected chi connectivity index (χ4v) is 3.08. The van der Waals surface area contributed by atoms with Gasteiger partial charge >= 0.3 is 0 Å². The number of rotatable bonds is 4. The van der Waals surface area contributed by atoms with Gasteiger partial charge in [0.15, 0.2) is 6.61 Å². The zero-order chi connectivity index (χ0) is 19.4. The summed E-state index contributed by atoms with van der Waals surface area (Å²) in [5.74, 6) is -0.277. The smallest absolute Gasteiger partial charge is 0.260 e. The lowest BCUT2D eigenvalue weighted by Crippen LogP contribution is -2.51. The van der Waals surface area contributed by atoms with Gasteiger partial charge in [-0.1, -0.05) is 24.3 Å². The molecule has 1 fully saturated rings. The number of aryl methyl sites for hydroxylation is 1. The minimum absolute atomic E-state index is 0.0362. The molecule has 0 spiro atoms. The summed E-state index contributed by atoms with van der Waals surface area (Å²) in [5, 5.41) is 0. The Kier molecular flexibility index (Phi) is 5.74. The molecule has 1 aliphatic heterocycles. The number of amides is 2. The molecule has 0 saturated carbocycles. The Labute approximate surface area is 158 Å². The van der Waals surface area contributed by atoms with E-state index in [1.165, 1.54) is 12.1 Å². The molecule has 1 saturated heterocycles. The second-order valence-corrected chi connectivity index (χ2v) is 6.64. The Hall–Kier alpha value is -2.89. The number of carbonyl (C=O) groups is 2. The highest BCUT2D eigenvalue weighted by Gasteiger charge is 2.26. The molecular formula is C21H23FN2O3. The molecule has 0 N–H and O–H groups in total. The van der Waals surface area contributed by atoms with E-state index >= 15 is 0 Å². The molecule has 2 aromatic carbocycles. The fraction of sp³-hybridized carbons (Fsp3) is 0.333. The van der Waals surface area contributed by atoms with E-state index in [9.17, 15) is 14.0 Å². The zero-order valence-corrected chi connectivity index (χ0v) is 15.6. The quantitative estimate of drug-likeness (QED) is 0.832. The van der Waals surface area contributed by atoms with Crippen molar-refractivity contribution in [3.63, 3.8) is 0 Å². The van der Waals surface area contributed by atoms with Crippen LogP contribution in [0.3, 0.4) is 0 Å². The number of halogens is 1. The van der Waals surface area contributed by atoms with Gasteiger partial charge in [0.2, 0.25) is 0 Å². The van der Waals surface area contributed by atoms with Gasteiger partial charge in [-0.05, 0) is 43.2 Å². The highest BCUT2D eigenvalue weighted by atomic mass is 19.1. The van der Waals surface area contributed by atoms with Crippen molar-refractivity contribution in [2.75, 3.05) is 32.8 Å². The molecule has 0 aromatic heterocycles. The Balaban J connectivity index is 1.53. The van der Waals surface area contributed by atoms with Crippen molar-refractivity contribution >= 4 is 11.8 Å². The van der Waals surface area contributed by atoms with Crippen LogP contribution in [0.25, 0.3) is 0 Å². The summed E-state index contributed by atoms with van der Waals surface area (Å²) in [6, 6.07) is 11.7. The van der Waals surface area contributed by atoms with E-state index in [1.807, 2.05) is 32.0 Å². The molecule has 0 atom stereocenters. The molecule has 27 heavy (non-hydrogen) atoms. The molecule has 1 aliphatic rings. The maximum absolute atomic E-state index is 13.8. The molecule has 2 amide bonds. The monoisotopic (exact) mass is 370 g/mol. The van der Waals surface area contributed by atoms with E-state index in [0.717, 1.165) is 11.1 Å². The van der Waals surface area contributed by atoms with Crippen molar-refractivity contribution < 1.29 is 18.7 Å². The van der Waals surface area contributed by atoms with Crippen molar-refractivity contribution in [2.45, 2.75) is 13.8 Å². The van der Waals surface area contributed by atoms with Crippen LogP contribution >= 0.6 is 0 Å². The number of piperazine rings is 1. The van der Waals surface area contributed by atoms with Crippen LogP contribution in [0.2, 0.25) is 0 Å². The topological polar surface area (TPSA) is 49.9 Å². The minimum atomic E-state index is -0.525. The molecule has 1 heterocycles. The first-order chi connectivity index (χ1) is 13.0. The molecular weight excluding hydrogens is 347 g/mol. The molecule has 2 aromatic rings. The molecule has 0 unspecified atom stereocenters. The van der Waals surface area contributed by atoms with Crippen molar-refractivity contribution in [1.82, 2.24) is 9.80 Å². The van der Waals surface area contributed by atoms with Crippen LogP contribution < -0.4 is 4.74 Å². The third kappa shape index (κ3) is 4.27. The Bertz CT molecular complexity index is 845. The summed E-state index contributed by atoms with van der Waals surface area (Å²) in [4.78, 5) is 28.1. The van der Waals surface area contributed by atoms with E-state index in [0.29, 0.717) is 31.9 Å². The normalized spacial score (nSPS) is 14.2. The average Bonchev–Trinajstić information content (AvgIpc) is 2.69. The SMILES string of the molecule is Cc1cccc(OCC(=O)N2CCN(C(=O)c3ccccc3F)CC2)c1C. The van der Waals surface area contributed by atoms with Crippen molar-refractivity contribution in [2.24, 2.45) is 0 Å². The number of nitrogens with zero attached hydrogens (tertiary/aromatic N) is 2. The van der Waals surface area contributed by atoms with E-state index < -0.39 is 5.82 Å². The van der Waals surface area contributed by atoms with Gasteiger partial charge in [-0.2, -0.15) is 0 Å². The largest absolute Gasteiger partial charge is 0.483 e. The first-order valence-corrected chi connectivity index (χ1v) is 8.98. The second-order valence-electron chi connectivity index (χ2n) is 6.64. The number of carbonyl (C=O) groups excluding carboxylic acids is 2. The molecule has 0 bridgehead atoms. The summed E-state index contributed by atoms with van der Waals surface area (Å²) in [6.07, 6.45) is 0. The van der Waals surface area contributed by atoms with Gasteiger partial charge in [-0.25, -0.2) is 4.39 Å². The molecule has 142 valence electrons. The lowest BCUT2D eigenvalue weighted by atomic mass is 10.1. The van der Waals surface area contributed by atoms with Crippen LogP contribution in [0, 0.1) is 19.7 Å². The van der Waals surface area contributed by atoms with Gasteiger partial charge in [-0.15, -0.1) is 0 Å². The molecule has 5 nitrogen and oxygen atoms in total. The van der Waals surface area contributed by atoms with Crippen LogP contribution in [0.5, 0.6) is 5.75 Å². The third-order valence-electron chi connectivity index (χ3n) is 4.93. The van der Waals surface area contributed by atoms with Gasteiger partial charge < -0.3 is 14.5 Å². The highest BCUT2D eigenvalue weighted by molar-refractivity contribution is 5.94. The maximum atomic E-state index is 13.8. The molecule has 3 rings (SSSR count). The standard InChI is InChI=1S/C21H23FN2O3/c1-15-6-5-9-19(16(15)2)27-14-20(25)23-10-12-24(13-11-23)21(26)17-7-3-4-8-18(17)22/h3-9H,10-14H2,1-2H3. The Morgan fingerprint density at radius 1 is 0.963 bits per heavy atom. The Morgan fingerprint density at radius 3 is 2.33 bits per heavy atom. The number of ether oxygens (including phenoxy) is 1. The number of benzene rings is 2. The average molecular weight is 370 g/mol. The van der Waals surface area contributed by atoms with Crippen LogP contribution in [0.4, 0.5) is 4.39 Å². The predicted molar refractivity (Wildman–Crippen MR) is 100 cm³/mol. The van der Waals surface area contributed by atoms with E-state index in [1.54, 1.807) is 21.9 Å². The molecule has 6 heteroatoms. The van der Waals surface area contributed by atoms with Crippen LogP contribution in [0.15, 0.2) is 42.5 Å². The van der Waals surface area contributed by atoms with Crippen LogP contribution in [0.1, 0.15) is 21.5 Å². The van der Waals surface area contributed by atoms with Crippen LogP contribution in [-0.2, 0) is 4.79 Å². The zero-order valence-electron chi connectivity index (χ0n) is 15.6. The number of hydrogen-bond donors (Lipinski definition) is 0. The van der Waals surface area contributed by atoms with Gasteiger partial charge in [0, 0.05) is 26.2 Å². The summed E-state index contributed by atoms with van der Waals surface area (Å²) in [5.41, 5.74) is 2.20. The van der Waals surface area contributed by atoms with E-state index in [4.69, 9.17) is 4.74 Å². The lowest BCUT2D eigenvalue weighted by Gasteiger charge is -2.34. The summed E-state index contributed by atoms with van der Waals surface area (Å²) in [7, 11) is 0.